The van der Waals surface area contributed by atoms with Gasteiger partial charge < -0.3 is 4.90 Å². The van der Waals surface area contributed by atoms with Crippen LogP contribution >= 0.6 is 0 Å². The molecule has 0 saturated carbocycles. The summed E-state index contributed by atoms with van der Waals surface area (Å²) < 4.78 is 17.3. The van der Waals surface area contributed by atoms with Crippen LogP contribution in [0.4, 0.5) is 15.9 Å². The second-order valence-corrected chi connectivity index (χ2v) is 8.40. The van der Waals surface area contributed by atoms with E-state index in [1.54, 1.807) is 41.4 Å². The van der Waals surface area contributed by atoms with Crippen LogP contribution in [0.1, 0.15) is 36.6 Å². The summed E-state index contributed by atoms with van der Waals surface area (Å²) in [6, 6.07) is 15.6. The molecule has 0 amide bonds. The Hall–Kier alpha value is -4.91. The predicted molar refractivity (Wildman–Crippen MR) is 131 cm³/mol. The largest absolute Gasteiger partial charge is 0.314 e. The minimum Gasteiger partial charge on any atom is -0.314 e. The van der Waals surface area contributed by atoms with Gasteiger partial charge in [0.2, 0.25) is 5.95 Å². The maximum Gasteiger partial charge on any atom is 0.237 e. The van der Waals surface area contributed by atoms with Gasteiger partial charge in [0.05, 0.1) is 23.9 Å². The fourth-order valence-corrected chi connectivity index (χ4v) is 4.63. The van der Waals surface area contributed by atoms with Gasteiger partial charge in [0.1, 0.15) is 23.2 Å². The van der Waals surface area contributed by atoms with Crippen LogP contribution in [-0.4, -0.2) is 34.3 Å². The first kappa shape index (κ1) is 21.6. The van der Waals surface area contributed by atoms with Crippen LogP contribution in [0.5, 0.6) is 0 Å². The third-order valence-corrected chi connectivity index (χ3v) is 6.26. The van der Waals surface area contributed by atoms with Gasteiger partial charge >= 0.3 is 0 Å². The second-order valence-electron chi connectivity index (χ2n) is 8.40. The molecule has 1 aliphatic rings. The molecule has 2 aromatic carbocycles. The minimum atomic E-state index is -0.317. The molecule has 0 spiro atoms. The summed E-state index contributed by atoms with van der Waals surface area (Å²) in [6.07, 6.45) is 5.92. The lowest BCUT2D eigenvalue weighted by Crippen LogP contribution is -2.33. The Morgan fingerprint density at radius 3 is 2.69 bits per heavy atom. The van der Waals surface area contributed by atoms with Gasteiger partial charge in [0, 0.05) is 23.6 Å². The van der Waals surface area contributed by atoms with Gasteiger partial charge in [0.25, 0.3) is 0 Å². The van der Waals surface area contributed by atoms with Crippen molar-refractivity contribution in [2.45, 2.75) is 26.3 Å². The number of benzene rings is 2. The first-order valence-electron chi connectivity index (χ1n) is 11.5. The Morgan fingerprint density at radius 1 is 1.08 bits per heavy atom. The van der Waals surface area contributed by atoms with Gasteiger partial charge in [-0.1, -0.05) is 13.0 Å². The molecule has 0 bridgehead atoms. The minimum absolute atomic E-state index is 0.158. The van der Waals surface area contributed by atoms with E-state index in [2.05, 4.69) is 38.1 Å². The number of nitrogens with zero attached hydrogens (tertiary/aromatic N) is 9. The first-order valence-corrected chi connectivity index (χ1v) is 11.5. The number of anilines is 2. The number of imidazole rings is 1. The molecule has 1 atom stereocenters. The zero-order valence-corrected chi connectivity index (χ0v) is 19.5. The molecule has 9 nitrogen and oxygen atoms in total. The average Bonchev–Trinajstić information content (AvgIpc) is 3.55. The monoisotopic (exact) mass is 477 g/mol. The molecule has 0 unspecified atom stereocenters. The molecule has 3 aromatic heterocycles. The summed E-state index contributed by atoms with van der Waals surface area (Å²) in [7, 11) is 0. The molecule has 176 valence electrons. The molecular formula is C26H20FN9. The van der Waals surface area contributed by atoms with E-state index >= 15 is 0 Å². The van der Waals surface area contributed by atoms with Crippen molar-refractivity contribution in [2.75, 3.05) is 4.90 Å². The van der Waals surface area contributed by atoms with Crippen molar-refractivity contribution in [1.29, 1.82) is 5.26 Å². The lowest BCUT2D eigenvalue weighted by molar-refractivity contribution is 0.586. The summed E-state index contributed by atoms with van der Waals surface area (Å²) >= 11 is 0. The fraction of sp³-hybridized carbons (Fsp3) is 0.154. The maximum absolute atomic E-state index is 13.5. The zero-order valence-electron chi connectivity index (χ0n) is 19.5. The van der Waals surface area contributed by atoms with Crippen LogP contribution in [0.15, 0.2) is 67.1 Å². The van der Waals surface area contributed by atoms with E-state index in [-0.39, 0.29) is 11.9 Å². The van der Waals surface area contributed by atoms with Crippen molar-refractivity contribution in [1.82, 2.24) is 34.3 Å². The normalized spacial score (nSPS) is 14.3. The van der Waals surface area contributed by atoms with Crippen LogP contribution in [0.2, 0.25) is 0 Å². The Morgan fingerprint density at radius 2 is 1.92 bits per heavy atom. The summed E-state index contributed by atoms with van der Waals surface area (Å²) in [5.74, 6) is 2.88. The van der Waals surface area contributed by atoms with Gasteiger partial charge in [0.15, 0.2) is 11.6 Å². The van der Waals surface area contributed by atoms with Crippen LogP contribution in [0.3, 0.4) is 0 Å². The molecule has 0 fully saturated rings. The number of hydrogen-bond donors (Lipinski definition) is 0. The highest BCUT2D eigenvalue weighted by Crippen LogP contribution is 2.43. The van der Waals surface area contributed by atoms with Crippen molar-refractivity contribution in [3.8, 4) is 29.1 Å². The van der Waals surface area contributed by atoms with Gasteiger partial charge in [-0.05, 0) is 55.8 Å². The predicted octanol–water partition coefficient (Wildman–Crippen LogP) is 4.83. The van der Waals surface area contributed by atoms with Crippen molar-refractivity contribution in [3.63, 3.8) is 0 Å². The number of halogens is 1. The Kier molecular flexibility index (Phi) is 5.04. The third kappa shape index (κ3) is 3.32. The molecule has 0 N–H and O–H groups in total. The van der Waals surface area contributed by atoms with Crippen molar-refractivity contribution < 1.29 is 4.39 Å². The van der Waals surface area contributed by atoms with E-state index in [0.29, 0.717) is 23.2 Å². The highest BCUT2D eigenvalue weighted by molar-refractivity contribution is 5.73. The number of fused-ring (bicyclic) bond motifs is 3. The molecule has 36 heavy (non-hydrogen) atoms. The Balaban J connectivity index is 1.57. The van der Waals surface area contributed by atoms with Crippen LogP contribution < -0.4 is 4.90 Å². The summed E-state index contributed by atoms with van der Waals surface area (Å²) in [6.45, 7) is 3.98. The van der Waals surface area contributed by atoms with E-state index in [1.165, 1.54) is 12.1 Å². The summed E-state index contributed by atoms with van der Waals surface area (Å²) in [4.78, 5) is 16.2. The van der Waals surface area contributed by atoms with Crippen molar-refractivity contribution >= 4 is 11.5 Å². The molecule has 5 aromatic rings. The van der Waals surface area contributed by atoms with E-state index in [0.717, 1.165) is 35.0 Å². The van der Waals surface area contributed by atoms with Crippen LogP contribution in [0.25, 0.3) is 23.0 Å². The Labute approximate surface area is 206 Å². The molecule has 10 heteroatoms. The maximum atomic E-state index is 13.5. The number of aryl methyl sites for hydroxylation is 1. The smallest absolute Gasteiger partial charge is 0.237 e. The fourth-order valence-electron chi connectivity index (χ4n) is 4.63. The van der Waals surface area contributed by atoms with Gasteiger partial charge in [-0.25, -0.2) is 14.4 Å². The number of hydrogen-bond acceptors (Lipinski definition) is 7. The van der Waals surface area contributed by atoms with E-state index in [4.69, 9.17) is 4.98 Å². The average molecular weight is 478 g/mol. The molecular weight excluding hydrogens is 457 g/mol. The number of rotatable bonds is 4. The quantitative estimate of drug-likeness (QED) is 0.365. The van der Waals surface area contributed by atoms with E-state index < -0.39 is 0 Å². The van der Waals surface area contributed by atoms with Crippen LogP contribution in [0, 0.1) is 24.1 Å². The molecule has 0 saturated heterocycles. The standard InChI is InChI=1S/C26H20FN9/c1-3-21-25-33-32-16(2)35(25)22-15-30-26(31-24(22)36(21)20-6-4-5-17(13-20)14-28)34-12-11-29-23(34)18-7-9-19(27)10-8-18/h4-13,15,21H,3H2,1-2H3/t21-/m1/s1. The van der Waals surface area contributed by atoms with Crippen molar-refractivity contribution in [3.05, 3.63) is 90.2 Å². The number of aromatic nitrogens is 7. The highest BCUT2D eigenvalue weighted by atomic mass is 19.1. The lowest BCUT2D eigenvalue weighted by atomic mass is 10.1. The molecule has 6 rings (SSSR count). The summed E-state index contributed by atoms with van der Waals surface area (Å²) in [5.41, 5.74) is 2.86. The van der Waals surface area contributed by atoms with Crippen molar-refractivity contribution in [2.24, 2.45) is 0 Å². The number of nitriles is 1. The lowest BCUT2D eigenvalue weighted by Gasteiger charge is -2.37. The van der Waals surface area contributed by atoms with E-state index in [9.17, 15) is 9.65 Å². The third-order valence-electron chi connectivity index (χ3n) is 6.26. The summed E-state index contributed by atoms with van der Waals surface area (Å²) in [5, 5.41) is 18.3. The second kappa shape index (κ2) is 8.39. The van der Waals surface area contributed by atoms with Gasteiger partial charge in [-0.3, -0.25) is 9.13 Å². The Bertz CT molecular complexity index is 1630. The van der Waals surface area contributed by atoms with Gasteiger partial charge in [-0.2, -0.15) is 10.2 Å². The SMILES string of the molecule is CC[C@@H]1c2nnc(C)n2-c2cnc(-n3ccnc3-c3ccc(F)cc3)nc2N1c1cccc(C#N)c1. The molecule has 1 aliphatic heterocycles. The first-order chi connectivity index (χ1) is 17.6. The van der Waals surface area contributed by atoms with E-state index in [1.807, 2.05) is 29.7 Å². The molecule has 0 radical (unpaired) electrons. The molecule has 0 aliphatic carbocycles. The van der Waals surface area contributed by atoms with Gasteiger partial charge in [-0.15, -0.1) is 10.2 Å². The highest BCUT2D eigenvalue weighted by Gasteiger charge is 2.36. The topological polar surface area (TPSA) is 101 Å². The van der Waals surface area contributed by atoms with Crippen LogP contribution in [-0.2, 0) is 0 Å². The molecule has 4 heterocycles. The zero-order chi connectivity index (χ0) is 24.8.